The Bertz CT molecular complexity index is 749. The number of rotatable bonds is 7. The van der Waals surface area contributed by atoms with Gasteiger partial charge in [-0.25, -0.2) is 0 Å². The second kappa shape index (κ2) is 9.22. The number of carbonyl (C=O) groups excluding carboxylic acids is 2. The van der Waals surface area contributed by atoms with Crippen LogP contribution in [0, 0.1) is 0 Å². The Morgan fingerprint density at radius 2 is 1.80 bits per heavy atom. The standard InChI is InChI=1S/C19H21BrN2O3/c1-3-12-22(19(24)14-8-4-5-9-15(14)20)13-18(23)21-16-10-6-7-11-17(16)25-2/h4-11H,3,12-13H2,1-2H3,(H,21,23). The predicted octanol–water partition coefficient (Wildman–Crippen LogP) is 3.95. The topological polar surface area (TPSA) is 58.6 Å². The average molecular weight is 405 g/mol. The van der Waals surface area contributed by atoms with E-state index in [-0.39, 0.29) is 18.4 Å². The van der Waals surface area contributed by atoms with E-state index in [0.29, 0.717) is 28.0 Å². The van der Waals surface area contributed by atoms with Crippen molar-refractivity contribution in [2.45, 2.75) is 13.3 Å². The van der Waals surface area contributed by atoms with Crippen LogP contribution in [-0.2, 0) is 4.79 Å². The second-order valence-corrected chi connectivity index (χ2v) is 6.31. The normalized spacial score (nSPS) is 10.2. The highest BCUT2D eigenvalue weighted by Gasteiger charge is 2.20. The van der Waals surface area contributed by atoms with Crippen molar-refractivity contribution < 1.29 is 14.3 Å². The second-order valence-electron chi connectivity index (χ2n) is 5.46. The highest BCUT2D eigenvalue weighted by atomic mass is 79.9. The minimum atomic E-state index is -0.265. The lowest BCUT2D eigenvalue weighted by Gasteiger charge is -2.22. The molecule has 0 heterocycles. The van der Waals surface area contributed by atoms with Crippen LogP contribution in [0.25, 0.3) is 0 Å². The summed E-state index contributed by atoms with van der Waals surface area (Å²) in [4.78, 5) is 26.7. The molecule has 0 saturated carbocycles. The third-order valence-corrected chi connectivity index (χ3v) is 4.29. The average Bonchev–Trinajstić information content (AvgIpc) is 2.61. The van der Waals surface area contributed by atoms with E-state index in [4.69, 9.17) is 4.74 Å². The highest BCUT2D eigenvalue weighted by Crippen LogP contribution is 2.23. The van der Waals surface area contributed by atoms with Gasteiger partial charge in [0.2, 0.25) is 5.91 Å². The molecule has 2 rings (SSSR count). The first-order valence-corrected chi connectivity index (χ1v) is 8.82. The summed E-state index contributed by atoms with van der Waals surface area (Å²) < 4.78 is 5.94. The van der Waals surface area contributed by atoms with Crippen molar-refractivity contribution in [3.8, 4) is 5.75 Å². The molecular weight excluding hydrogens is 384 g/mol. The number of nitrogens with zero attached hydrogens (tertiary/aromatic N) is 1. The molecule has 0 radical (unpaired) electrons. The molecule has 0 fully saturated rings. The Balaban J connectivity index is 2.12. The quantitative estimate of drug-likeness (QED) is 0.759. The van der Waals surface area contributed by atoms with Crippen LogP contribution in [0.2, 0.25) is 0 Å². The zero-order valence-corrected chi connectivity index (χ0v) is 15.9. The number of halogens is 1. The molecule has 5 nitrogen and oxygen atoms in total. The number of carbonyl (C=O) groups is 2. The largest absolute Gasteiger partial charge is 0.495 e. The van der Waals surface area contributed by atoms with Gasteiger partial charge in [0.25, 0.3) is 5.91 Å². The van der Waals surface area contributed by atoms with Crippen molar-refractivity contribution in [3.63, 3.8) is 0 Å². The molecule has 0 atom stereocenters. The molecule has 0 saturated heterocycles. The lowest BCUT2D eigenvalue weighted by Crippen LogP contribution is -2.38. The first kappa shape index (κ1) is 19.0. The number of para-hydroxylation sites is 2. The van der Waals surface area contributed by atoms with Crippen LogP contribution in [0.3, 0.4) is 0 Å². The van der Waals surface area contributed by atoms with Gasteiger partial charge >= 0.3 is 0 Å². The van der Waals surface area contributed by atoms with Crippen LogP contribution < -0.4 is 10.1 Å². The zero-order chi connectivity index (χ0) is 18.2. The molecular formula is C19H21BrN2O3. The van der Waals surface area contributed by atoms with Gasteiger partial charge in [0.1, 0.15) is 12.3 Å². The minimum Gasteiger partial charge on any atom is -0.495 e. The Morgan fingerprint density at radius 3 is 2.48 bits per heavy atom. The van der Waals surface area contributed by atoms with Crippen LogP contribution in [0.15, 0.2) is 53.0 Å². The Labute approximate surface area is 156 Å². The summed E-state index contributed by atoms with van der Waals surface area (Å²) >= 11 is 3.39. The van der Waals surface area contributed by atoms with Gasteiger partial charge < -0.3 is 15.0 Å². The number of methoxy groups -OCH3 is 1. The summed E-state index contributed by atoms with van der Waals surface area (Å²) in [6.45, 7) is 2.45. The van der Waals surface area contributed by atoms with Gasteiger partial charge in [-0.1, -0.05) is 31.2 Å². The van der Waals surface area contributed by atoms with Crippen molar-refractivity contribution in [3.05, 3.63) is 58.6 Å². The molecule has 0 aliphatic carbocycles. The minimum absolute atomic E-state index is 0.0218. The maximum Gasteiger partial charge on any atom is 0.255 e. The molecule has 6 heteroatoms. The fourth-order valence-corrected chi connectivity index (χ4v) is 2.89. The van der Waals surface area contributed by atoms with Crippen LogP contribution in [0.5, 0.6) is 5.75 Å². The Morgan fingerprint density at radius 1 is 1.12 bits per heavy atom. The van der Waals surface area contributed by atoms with Crippen LogP contribution >= 0.6 is 15.9 Å². The van der Waals surface area contributed by atoms with E-state index in [9.17, 15) is 9.59 Å². The Hall–Kier alpha value is -2.34. The highest BCUT2D eigenvalue weighted by molar-refractivity contribution is 9.10. The summed E-state index contributed by atoms with van der Waals surface area (Å²) in [5, 5.41) is 2.80. The molecule has 0 unspecified atom stereocenters. The van der Waals surface area contributed by atoms with Gasteiger partial charge in [0.05, 0.1) is 18.4 Å². The summed E-state index contributed by atoms with van der Waals surface area (Å²) in [7, 11) is 1.55. The molecule has 2 aromatic carbocycles. The van der Waals surface area contributed by atoms with Gasteiger partial charge in [-0.15, -0.1) is 0 Å². The van der Waals surface area contributed by atoms with Crippen LogP contribution in [0.4, 0.5) is 5.69 Å². The molecule has 2 amide bonds. The number of hydrogen-bond donors (Lipinski definition) is 1. The molecule has 0 bridgehead atoms. The van der Waals surface area contributed by atoms with E-state index < -0.39 is 0 Å². The molecule has 132 valence electrons. The molecule has 1 N–H and O–H groups in total. The van der Waals surface area contributed by atoms with E-state index >= 15 is 0 Å². The smallest absolute Gasteiger partial charge is 0.255 e. The Kier molecular flexibility index (Phi) is 7.01. The third kappa shape index (κ3) is 5.06. The number of ether oxygens (including phenoxy) is 1. The van der Waals surface area contributed by atoms with E-state index in [2.05, 4.69) is 21.2 Å². The van der Waals surface area contributed by atoms with Crippen molar-refractivity contribution in [2.75, 3.05) is 25.5 Å². The van der Waals surface area contributed by atoms with Gasteiger partial charge in [-0.05, 0) is 46.6 Å². The molecule has 0 spiro atoms. The number of hydrogen-bond acceptors (Lipinski definition) is 3. The van der Waals surface area contributed by atoms with Gasteiger partial charge in [0.15, 0.2) is 0 Å². The molecule has 25 heavy (non-hydrogen) atoms. The predicted molar refractivity (Wildman–Crippen MR) is 102 cm³/mol. The molecule has 0 aromatic heterocycles. The lowest BCUT2D eigenvalue weighted by atomic mass is 10.2. The fraction of sp³-hybridized carbons (Fsp3) is 0.263. The van der Waals surface area contributed by atoms with Crippen LogP contribution in [-0.4, -0.2) is 36.9 Å². The number of nitrogens with one attached hydrogen (secondary N) is 1. The number of benzene rings is 2. The van der Waals surface area contributed by atoms with E-state index in [1.165, 1.54) is 0 Å². The van der Waals surface area contributed by atoms with Gasteiger partial charge in [-0.3, -0.25) is 9.59 Å². The van der Waals surface area contributed by atoms with Crippen LogP contribution in [0.1, 0.15) is 23.7 Å². The molecule has 0 aliphatic heterocycles. The summed E-state index contributed by atoms with van der Waals surface area (Å²) in [5.41, 5.74) is 1.13. The van der Waals surface area contributed by atoms with Crippen molar-refractivity contribution in [2.24, 2.45) is 0 Å². The molecule has 0 aliphatic rings. The summed E-state index contributed by atoms with van der Waals surface area (Å²) in [5.74, 6) is 0.137. The van der Waals surface area contributed by atoms with E-state index in [1.54, 1.807) is 36.3 Å². The third-order valence-electron chi connectivity index (χ3n) is 3.60. The monoisotopic (exact) mass is 404 g/mol. The zero-order valence-electron chi connectivity index (χ0n) is 14.3. The van der Waals surface area contributed by atoms with Gasteiger partial charge in [-0.2, -0.15) is 0 Å². The van der Waals surface area contributed by atoms with E-state index in [0.717, 1.165) is 6.42 Å². The first-order chi connectivity index (χ1) is 12.1. The maximum atomic E-state index is 12.8. The fourth-order valence-electron chi connectivity index (χ4n) is 2.44. The lowest BCUT2D eigenvalue weighted by molar-refractivity contribution is -0.116. The summed E-state index contributed by atoms with van der Waals surface area (Å²) in [6, 6.07) is 14.4. The van der Waals surface area contributed by atoms with E-state index in [1.807, 2.05) is 31.2 Å². The number of anilines is 1. The first-order valence-electron chi connectivity index (χ1n) is 8.03. The maximum absolute atomic E-state index is 12.8. The SMILES string of the molecule is CCCN(CC(=O)Nc1ccccc1OC)C(=O)c1ccccc1Br. The van der Waals surface area contributed by atoms with Crippen molar-refractivity contribution in [1.82, 2.24) is 4.90 Å². The number of amides is 2. The van der Waals surface area contributed by atoms with Gasteiger partial charge in [0, 0.05) is 11.0 Å². The molecule has 2 aromatic rings. The summed E-state index contributed by atoms with van der Waals surface area (Å²) in [6.07, 6.45) is 0.762. The van der Waals surface area contributed by atoms with Crippen molar-refractivity contribution in [1.29, 1.82) is 0 Å². The van der Waals surface area contributed by atoms with Crippen molar-refractivity contribution >= 4 is 33.4 Å².